The number of carbonyl (C=O) groups excluding carboxylic acids is 5. The van der Waals surface area contributed by atoms with E-state index < -0.39 is 110 Å². The first kappa shape index (κ1) is 88.5. The summed E-state index contributed by atoms with van der Waals surface area (Å²) in [6.45, 7) is 1.89. The monoisotopic (exact) mass is 1630 g/mol. The van der Waals surface area contributed by atoms with E-state index in [0.29, 0.717) is 79.6 Å². The first-order valence-corrected chi connectivity index (χ1v) is 32.8. The first-order chi connectivity index (χ1) is 53.0. The molecule has 0 saturated heterocycles. The largest absolute Gasteiger partial charge is 0.573 e. The summed E-state index contributed by atoms with van der Waals surface area (Å²) in [5.41, 5.74) is 8.83. The van der Waals surface area contributed by atoms with Crippen molar-refractivity contribution in [2.75, 3.05) is 32.8 Å². The molecule has 2 aliphatic rings. The van der Waals surface area contributed by atoms with Gasteiger partial charge in [-0.2, -0.15) is 0 Å². The van der Waals surface area contributed by atoms with Crippen molar-refractivity contribution in [1.29, 1.82) is 0 Å². The molecule has 0 spiro atoms. The zero-order chi connectivity index (χ0) is 82.8. The van der Waals surface area contributed by atoms with E-state index in [1.165, 1.54) is 54.7 Å². The Hall–Kier alpha value is -12.7. The molecule has 604 valence electrons. The number of oxazole rings is 2. The lowest BCUT2D eigenvalue weighted by molar-refractivity contribution is -0.275. The van der Waals surface area contributed by atoms with Gasteiger partial charge in [0.2, 0.25) is 5.78 Å². The number of aromatic amines is 2. The number of aliphatic imine (C=N–C) groups is 2. The smallest absolute Gasteiger partial charge is 0.460 e. The molecule has 114 heavy (non-hydrogen) atoms. The third-order valence-electron chi connectivity index (χ3n) is 14.7. The standard InChI is InChI=1S/C29H20F5N3O5.C17H14F5NO2.C14H9F3O3.C13H11NO6.C3H7F2N.ClH/c1-28(30,31)14-37-24(15-5-7-16(8-6-15)40-17-9-11-18(12-10-17)42-29(32,33)34)22-20(26(37)38)13-35-23(22)19-3-2-4-21-25(19)41-27(39)36-21;1-16(18,19)11-23-10-12-2-4-13(5-3-12)24-14-6-8-15(9-7-14)25-17(20,21)22;15-14(16,17)20-13-7-5-12(6-8-13)19-11-3-1-10(9-18)2-4-11;1-2-19-12(17)10(16)6-9(15)7-4-3-5-8-11(7)20-13(18)14-8;1-3(4,5)2-6;/h2-12,24H,13-14H2,1H3,(H,36,39);2-10H,11H2,1H3;1-9H;3-5H,2,6H2,1H3,(H,14,18);2,6H2,1H3;1H. The van der Waals surface area contributed by atoms with E-state index in [-0.39, 0.29) is 65.1 Å². The Morgan fingerprint density at radius 2 is 0.939 bits per heavy atom. The predicted octanol–water partition coefficient (Wildman–Crippen LogP) is 17.6. The molecule has 0 fully saturated rings. The zero-order valence-corrected chi connectivity index (χ0v) is 60.1. The predicted molar refractivity (Wildman–Crippen MR) is 382 cm³/mol. The van der Waals surface area contributed by atoms with Crippen molar-refractivity contribution >= 4 is 76.3 Å². The van der Waals surface area contributed by atoms with Crippen molar-refractivity contribution in [3.05, 3.63) is 242 Å². The van der Waals surface area contributed by atoms with Crippen LogP contribution in [0.5, 0.6) is 51.7 Å². The summed E-state index contributed by atoms with van der Waals surface area (Å²) in [5.74, 6) is -12.2. The van der Waals surface area contributed by atoms with Crippen LogP contribution < -0.4 is 45.7 Å². The van der Waals surface area contributed by atoms with Crippen LogP contribution in [-0.4, -0.2) is 126 Å². The van der Waals surface area contributed by atoms with E-state index in [2.05, 4.69) is 44.6 Å². The van der Waals surface area contributed by atoms with Crippen LogP contribution in [0.15, 0.2) is 222 Å². The average molecular weight is 1640 g/mol. The maximum Gasteiger partial charge on any atom is 0.573 e. The Morgan fingerprint density at radius 1 is 0.544 bits per heavy atom. The van der Waals surface area contributed by atoms with Gasteiger partial charge >= 0.3 is 36.6 Å². The Bertz CT molecular complexity index is 5170. The number of fused-ring (bicyclic) bond motifs is 2. The molecule has 0 bridgehead atoms. The van der Waals surface area contributed by atoms with E-state index in [0.717, 1.165) is 62.1 Å². The highest BCUT2D eigenvalue weighted by Gasteiger charge is 2.47. The number of alkyl halides is 15. The maximum atomic E-state index is 14.3. The number of nitrogens with zero attached hydrogens (tertiary/aromatic N) is 3. The highest BCUT2D eigenvalue weighted by atomic mass is 35.5. The molecule has 0 aliphatic carbocycles. The van der Waals surface area contributed by atoms with E-state index in [1.807, 2.05) is 0 Å². The van der Waals surface area contributed by atoms with Crippen LogP contribution in [0, 0.1) is 0 Å². The Morgan fingerprint density at radius 3 is 1.34 bits per heavy atom. The minimum atomic E-state index is -4.82. The normalized spacial score (nSPS) is 13.4. The number of ketones is 2. The number of hydrogen-bond acceptors (Lipinski definition) is 19. The van der Waals surface area contributed by atoms with E-state index in [9.17, 15) is 99.4 Å². The summed E-state index contributed by atoms with van der Waals surface area (Å²) in [4.78, 5) is 95.7. The Labute approximate surface area is 639 Å². The number of hydrogen-bond donors (Lipinski definition) is 3. The fourth-order valence-corrected chi connectivity index (χ4v) is 10.1. The summed E-state index contributed by atoms with van der Waals surface area (Å²) in [6.07, 6.45) is -12.9. The van der Waals surface area contributed by atoms with Crippen molar-refractivity contribution in [2.45, 2.75) is 77.0 Å². The SMILES string of the molecule is CC(F)(F)CN.CC(F)(F)CN1C(=O)C2=C(C(c3cccc4[nH]c(=O)oc34)=NC2)C1c1ccc(Oc2ccc(OC(F)(F)F)cc2)cc1.CC(F)(F)CN=Cc1ccc(Oc2ccc(OC(F)(F)F)cc2)cc1.CCOC(=O)C(=O)CC(=O)c1cccc2[nH]c(=O)oc12.Cl.O=Cc1ccc(Oc2ccc(OC(F)(F)F)cc2)cc1. The molecule has 4 heterocycles. The second-order valence-electron chi connectivity index (χ2n) is 24.1. The molecule has 22 nitrogen and oxygen atoms in total. The van der Waals surface area contributed by atoms with Gasteiger partial charge in [0, 0.05) is 49.3 Å². The van der Waals surface area contributed by atoms with Gasteiger partial charge in [-0.15, -0.1) is 51.9 Å². The number of ether oxygens (including phenoxy) is 7. The topological polar surface area (TPSA) is 296 Å². The van der Waals surface area contributed by atoms with Crippen LogP contribution in [0.4, 0.5) is 65.9 Å². The molecule has 1 unspecified atom stereocenters. The molecule has 0 radical (unpaired) electrons. The average Bonchev–Trinajstić information content (AvgIpc) is 1.57. The second kappa shape index (κ2) is 38.0. The fraction of sp³-hybridized carbons (Fsp3) is 0.224. The summed E-state index contributed by atoms with van der Waals surface area (Å²) < 4.78 is 229. The van der Waals surface area contributed by atoms with E-state index in [1.54, 1.807) is 104 Å². The number of para-hydroxylation sites is 2. The highest BCUT2D eigenvalue weighted by molar-refractivity contribution is 6.38. The van der Waals surface area contributed by atoms with Crippen LogP contribution in [0.3, 0.4) is 0 Å². The summed E-state index contributed by atoms with van der Waals surface area (Å²) in [6, 6.07) is 42.4. The van der Waals surface area contributed by atoms with Crippen molar-refractivity contribution < 1.29 is 132 Å². The number of nitrogens with one attached hydrogen (secondary N) is 2. The van der Waals surface area contributed by atoms with Crippen LogP contribution in [-0.2, 0) is 19.1 Å². The molecule has 10 aromatic rings. The number of benzene rings is 8. The van der Waals surface area contributed by atoms with Gasteiger partial charge < -0.3 is 52.6 Å². The van der Waals surface area contributed by atoms with Gasteiger partial charge in [0.1, 0.15) is 64.6 Å². The number of Topliss-reactive ketones (excluding diaryl/α,β-unsaturated/α-hetero) is 2. The van der Waals surface area contributed by atoms with Crippen LogP contribution in [0.1, 0.15) is 77.6 Å². The number of H-pyrrole nitrogens is 2. The van der Waals surface area contributed by atoms with Gasteiger partial charge in [-0.1, -0.05) is 24.3 Å². The lowest BCUT2D eigenvalue weighted by atomic mass is 9.91. The molecule has 1 amide bonds. The van der Waals surface area contributed by atoms with Crippen LogP contribution in [0.2, 0.25) is 0 Å². The lowest BCUT2D eigenvalue weighted by Crippen LogP contribution is -2.40. The minimum Gasteiger partial charge on any atom is -0.460 e. The van der Waals surface area contributed by atoms with Crippen LogP contribution >= 0.6 is 12.4 Å². The molecule has 0 saturated carbocycles. The number of aromatic nitrogens is 2. The summed E-state index contributed by atoms with van der Waals surface area (Å²) in [7, 11) is 0. The van der Waals surface area contributed by atoms with E-state index in [4.69, 9.17) is 23.0 Å². The van der Waals surface area contributed by atoms with Crippen molar-refractivity contribution in [3.8, 4) is 51.7 Å². The second-order valence-corrected chi connectivity index (χ2v) is 24.1. The number of halogens is 16. The third-order valence-corrected chi connectivity index (χ3v) is 14.7. The third kappa shape index (κ3) is 27.4. The van der Waals surface area contributed by atoms with Crippen molar-refractivity contribution in [2.24, 2.45) is 15.7 Å². The molecule has 1 atom stereocenters. The van der Waals surface area contributed by atoms with Crippen LogP contribution in [0.25, 0.3) is 22.2 Å². The zero-order valence-electron chi connectivity index (χ0n) is 59.3. The van der Waals surface area contributed by atoms with Crippen molar-refractivity contribution in [1.82, 2.24) is 14.9 Å². The number of amides is 1. The molecule has 38 heteroatoms. The summed E-state index contributed by atoms with van der Waals surface area (Å²) in [5, 5.41) is 0. The highest BCUT2D eigenvalue weighted by Crippen LogP contribution is 2.45. The minimum absolute atomic E-state index is 0. The summed E-state index contributed by atoms with van der Waals surface area (Å²) >= 11 is 0. The van der Waals surface area contributed by atoms with Gasteiger partial charge in [0.25, 0.3) is 23.7 Å². The number of nitrogens with two attached hydrogens (primary N) is 1. The molecular formula is C76H62ClF15N6O16. The molecule has 2 aliphatic heterocycles. The molecule has 8 aromatic carbocycles. The maximum absolute atomic E-state index is 14.3. The quantitative estimate of drug-likeness (QED) is 0.0102. The molecule has 2 aromatic heterocycles. The molecule has 4 N–H and O–H groups in total. The molecule has 12 rings (SSSR count). The number of aldehydes is 1. The van der Waals surface area contributed by atoms with Gasteiger partial charge in [-0.05, 0) is 176 Å². The van der Waals surface area contributed by atoms with Gasteiger partial charge in [0.15, 0.2) is 16.9 Å². The number of esters is 1. The van der Waals surface area contributed by atoms with E-state index >= 15 is 0 Å². The molecular weight excluding hydrogens is 1570 g/mol. The van der Waals surface area contributed by atoms with Gasteiger partial charge in [-0.3, -0.25) is 39.1 Å². The fourth-order valence-electron chi connectivity index (χ4n) is 10.1. The van der Waals surface area contributed by atoms with Gasteiger partial charge in [0.05, 0.1) is 61.0 Å². The first-order valence-electron chi connectivity index (χ1n) is 32.8. The Balaban J connectivity index is 0.000000216. The lowest BCUT2D eigenvalue weighted by Gasteiger charge is -2.30. The van der Waals surface area contributed by atoms with Gasteiger partial charge in [-0.25, -0.2) is 40.7 Å². The Kier molecular flexibility index (Phi) is 29.5. The number of rotatable bonds is 23. The van der Waals surface area contributed by atoms with Crippen molar-refractivity contribution in [3.63, 3.8) is 0 Å². The number of carbonyl (C=O) groups is 5.